The normalized spacial score (nSPS) is 17.8. The fraction of sp³-hybridized carbons (Fsp3) is 0.517. The summed E-state index contributed by atoms with van der Waals surface area (Å²) in [7, 11) is 1.90. The fourth-order valence-electron chi connectivity index (χ4n) is 4.57. The molecule has 1 aromatic heterocycles. The first-order chi connectivity index (χ1) is 17.7. The predicted molar refractivity (Wildman–Crippen MR) is 144 cm³/mol. The number of halogens is 3. The minimum absolute atomic E-state index is 0.133. The van der Waals surface area contributed by atoms with E-state index < -0.39 is 30.6 Å². The molecule has 2 heterocycles. The van der Waals surface area contributed by atoms with Crippen LogP contribution in [0.5, 0.6) is 5.75 Å². The summed E-state index contributed by atoms with van der Waals surface area (Å²) < 4.78 is 45.8. The number of benzene rings is 1. The molecule has 1 aromatic carbocycles. The van der Waals surface area contributed by atoms with Crippen LogP contribution in [0.4, 0.5) is 13.2 Å². The number of rotatable bonds is 5. The Balaban J connectivity index is 0.00000247. The van der Waals surface area contributed by atoms with Crippen LogP contribution in [-0.2, 0) is 0 Å². The zero-order valence-electron chi connectivity index (χ0n) is 23.5. The van der Waals surface area contributed by atoms with E-state index in [-0.39, 0.29) is 17.0 Å². The Kier molecular flexibility index (Phi) is 9.86. The van der Waals surface area contributed by atoms with Crippen molar-refractivity contribution in [2.45, 2.75) is 73.5 Å². The lowest BCUT2D eigenvalue weighted by atomic mass is 9.84. The molecule has 6 nitrogen and oxygen atoms in total. The van der Waals surface area contributed by atoms with Crippen molar-refractivity contribution in [1.82, 2.24) is 9.47 Å². The number of carbonyl (C=O) groups is 1. The van der Waals surface area contributed by atoms with E-state index in [2.05, 4.69) is 0 Å². The van der Waals surface area contributed by atoms with Gasteiger partial charge in [0.25, 0.3) is 0 Å². The van der Waals surface area contributed by atoms with E-state index in [1.807, 2.05) is 71.0 Å². The lowest BCUT2D eigenvalue weighted by Gasteiger charge is -2.43. The van der Waals surface area contributed by atoms with Gasteiger partial charge in [-0.3, -0.25) is 4.79 Å². The molecule has 3 rings (SSSR count). The molecule has 1 unspecified atom stereocenters. The molecule has 1 atom stereocenters. The van der Waals surface area contributed by atoms with Crippen molar-refractivity contribution in [3.63, 3.8) is 0 Å². The van der Waals surface area contributed by atoms with Gasteiger partial charge < -0.3 is 19.3 Å². The highest BCUT2D eigenvalue weighted by atomic mass is 19.4. The predicted octanol–water partition coefficient (Wildman–Crippen LogP) is 5.17. The van der Waals surface area contributed by atoms with Crippen LogP contribution in [0.15, 0.2) is 35.3 Å². The van der Waals surface area contributed by atoms with Gasteiger partial charge in [0.15, 0.2) is 5.43 Å². The van der Waals surface area contributed by atoms with Crippen molar-refractivity contribution in [2.24, 2.45) is 5.41 Å². The molecule has 0 spiro atoms. The van der Waals surface area contributed by atoms with Gasteiger partial charge in [0.05, 0.1) is 30.5 Å². The maximum absolute atomic E-state index is 12.8. The van der Waals surface area contributed by atoms with E-state index >= 15 is 0 Å². The summed E-state index contributed by atoms with van der Waals surface area (Å²) in [6.45, 7) is 14.0. The van der Waals surface area contributed by atoms with E-state index in [4.69, 9.17) is 4.74 Å². The number of ether oxygens (including phenoxy) is 1. The standard InChI is InChI=1S/C27H33F3N2O4.C2H6/c1-7-16(2)23-17(9-8-10-21(23)36-12-11-27(28,29)30)24-19-13-20(33)18(25(34)35)14-32(19)22(15-31(24)6)26(3,4)5;1-2/h8-10,13-14,22H,7,11-12,15H2,1-6H3,(H,34,35);1-2H3/b23-16?,24-17-;. The van der Waals surface area contributed by atoms with Crippen molar-refractivity contribution < 1.29 is 27.8 Å². The van der Waals surface area contributed by atoms with Crippen molar-refractivity contribution in [3.8, 4) is 5.75 Å². The molecule has 0 saturated carbocycles. The minimum atomic E-state index is -4.33. The summed E-state index contributed by atoms with van der Waals surface area (Å²) in [5.74, 6) is -0.953. The van der Waals surface area contributed by atoms with E-state index in [1.54, 1.807) is 12.1 Å². The van der Waals surface area contributed by atoms with Crippen LogP contribution >= 0.6 is 0 Å². The number of pyridine rings is 1. The first-order valence-corrected chi connectivity index (χ1v) is 12.9. The van der Waals surface area contributed by atoms with Crippen LogP contribution in [0.3, 0.4) is 0 Å². The smallest absolute Gasteiger partial charge is 0.392 e. The number of hydrogen-bond acceptors (Lipinski definition) is 4. The number of hydrogen-bond donors (Lipinski definition) is 1. The highest BCUT2D eigenvalue weighted by molar-refractivity contribution is 5.87. The van der Waals surface area contributed by atoms with Gasteiger partial charge in [0.1, 0.15) is 11.3 Å². The third kappa shape index (κ3) is 6.79. The molecule has 210 valence electrons. The van der Waals surface area contributed by atoms with Gasteiger partial charge in [-0.05, 0) is 24.8 Å². The molecule has 0 saturated heterocycles. The summed E-state index contributed by atoms with van der Waals surface area (Å²) in [6, 6.07) is 6.43. The molecular weight excluding hydrogens is 497 g/mol. The van der Waals surface area contributed by atoms with Gasteiger partial charge in [-0.2, -0.15) is 13.2 Å². The molecule has 1 N–H and O–H groups in total. The molecule has 0 aliphatic carbocycles. The third-order valence-corrected chi connectivity index (χ3v) is 6.60. The first kappa shape index (κ1) is 31.0. The number of carboxylic acids is 1. The Morgan fingerprint density at radius 2 is 1.82 bits per heavy atom. The topological polar surface area (TPSA) is 71.8 Å². The summed E-state index contributed by atoms with van der Waals surface area (Å²) in [6.07, 6.45) is -3.35. The second-order valence-corrected chi connectivity index (χ2v) is 10.3. The van der Waals surface area contributed by atoms with E-state index in [9.17, 15) is 27.9 Å². The molecule has 9 heteroatoms. The van der Waals surface area contributed by atoms with Crippen LogP contribution in [0.2, 0.25) is 0 Å². The average molecular weight is 537 g/mol. The molecular formula is C29H39F3N2O4. The average Bonchev–Trinajstić information content (AvgIpc) is 2.82. The van der Waals surface area contributed by atoms with Crippen LogP contribution in [0.25, 0.3) is 11.3 Å². The zero-order chi connectivity index (χ0) is 29.0. The summed E-state index contributed by atoms with van der Waals surface area (Å²) in [4.78, 5) is 26.6. The van der Waals surface area contributed by atoms with Gasteiger partial charge in [0, 0.05) is 36.3 Å². The quantitative estimate of drug-likeness (QED) is 0.571. The van der Waals surface area contributed by atoms with Crippen LogP contribution in [0, 0.1) is 5.41 Å². The molecule has 0 bridgehead atoms. The van der Waals surface area contributed by atoms with Crippen LogP contribution in [0.1, 0.15) is 83.4 Å². The highest BCUT2D eigenvalue weighted by Crippen LogP contribution is 2.37. The number of likely N-dealkylation sites (N-methyl/N-ethyl adjacent to an activating group) is 1. The highest BCUT2D eigenvalue weighted by Gasteiger charge is 2.35. The number of aromatic nitrogens is 1. The number of aromatic carboxylic acids is 1. The number of nitrogens with zero attached hydrogens (tertiary/aromatic N) is 2. The lowest BCUT2D eigenvalue weighted by molar-refractivity contribution is -0.139. The van der Waals surface area contributed by atoms with Crippen molar-refractivity contribution in [3.05, 3.63) is 62.4 Å². The molecule has 0 amide bonds. The number of carboxylic acid groups (broad SMARTS) is 1. The number of fused-ring (bicyclic) bond motifs is 1. The summed E-state index contributed by atoms with van der Waals surface area (Å²) in [5, 5.41) is 11.0. The third-order valence-electron chi connectivity index (χ3n) is 6.60. The van der Waals surface area contributed by atoms with E-state index in [1.165, 1.54) is 12.3 Å². The maximum Gasteiger partial charge on any atom is 0.392 e. The Morgan fingerprint density at radius 1 is 1.18 bits per heavy atom. The Bertz CT molecular complexity index is 1340. The molecule has 38 heavy (non-hydrogen) atoms. The van der Waals surface area contributed by atoms with Crippen molar-refractivity contribution in [1.29, 1.82) is 0 Å². The summed E-state index contributed by atoms with van der Waals surface area (Å²) in [5.41, 5.74) is 0.991. The zero-order valence-corrected chi connectivity index (χ0v) is 23.5. The van der Waals surface area contributed by atoms with Crippen LogP contribution < -0.4 is 20.6 Å². The second kappa shape index (κ2) is 12.1. The number of alkyl halides is 3. The molecule has 1 aliphatic heterocycles. The van der Waals surface area contributed by atoms with E-state index in [0.29, 0.717) is 40.5 Å². The van der Waals surface area contributed by atoms with Crippen LogP contribution in [-0.4, -0.2) is 46.9 Å². The Morgan fingerprint density at radius 3 is 2.34 bits per heavy atom. The lowest BCUT2D eigenvalue weighted by Crippen LogP contribution is -2.46. The Labute approximate surface area is 222 Å². The van der Waals surface area contributed by atoms with Gasteiger partial charge in [-0.1, -0.05) is 59.2 Å². The van der Waals surface area contributed by atoms with E-state index in [0.717, 1.165) is 5.57 Å². The SMILES string of the molecule is CC.CCC(C)=c1c(OCCC(F)(F)F)ccc/c1=C1\c2cc(=O)c(C(=O)O)cn2C(C(C)(C)C)CN1C. The second-order valence-electron chi connectivity index (χ2n) is 10.3. The first-order valence-electron chi connectivity index (χ1n) is 12.9. The van der Waals surface area contributed by atoms with Gasteiger partial charge in [0.2, 0.25) is 0 Å². The molecule has 0 radical (unpaired) electrons. The minimum Gasteiger partial charge on any atom is -0.493 e. The fourth-order valence-corrected chi connectivity index (χ4v) is 4.57. The Hall–Kier alpha value is -3.23. The maximum atomic E-state index is 12.8. The van der Waals surface area contributed by atoms with Gasteiger partial charge in [-0.15, -0.1) is 0 Å². The van der Waals surface area contributed by atoms with Gasteiger partial charge >= 0.3 is 12.1 Å². The largest absolute Gasteiger partial charge is 0.493 e. The summed E-state index contributed by atoms with van der Waals surface area (Å²) >= 11 is 0. The molecule has 1 aliphatic rings. The molecule has 2 aromatic rings. The monoisotopic (exact) mass is 536 g/mol. The molecule has 0 fully saturated rings. The van der Waals surface area contributed by atoms with Crippen molar-refractivity contribution in [2.75, 3.05) is 20.2 Å². The van der Waals surface area contributed by atoms with Gasteiger partial charge in [-0.25, -0.2) is 4.79 Å². The van der Waals surface area contributed by atoms with Crippen molar-refractivity contribution >= 4 is 17.2 Å².